The van der Waals surface area contributed by atoms with Gasteiger partial charge in [-0.1, -0.05) is 213 Å². The standard InChI is InChI=1S/C74H74BN3/c1-70(2,3)45-24-32-50(33-25-45)76(51-34-26-46(27-35-51)71(4,5)6)53-42-64-67-65(43-53)78-63-41-49(74(13,14)15)30-38-57(63)60-44-59-56-22-17-16-20-54(56)55-21-18-19-23-58(55)66(59)68(69(60)78)75(67)61-40-48(73(10,11)12)31-39-62(61)77(64)52-36-28-47(29-37-52)72(7,8)9/h16-44H,1-15H3. The zero-order chi connectivity index (χ0) is 54.7. The van der Waals surface area contributed by atoms with Crippen LogP contribution in [-0.4, -0.2) is 11.3 Å². The first-order chi connectivity index (χ1) is 36.9. The van der Waals surface area contributed by atoms with Crippen LogP contribution in [0.3, 0.4) is 0 Å². The zero-order valence-corrected chi connectivity index (χ0v) is 48.7. The Morgan fingerprint density at radius 2 is 0.782 bits per heavy atom. The maximum absolute atomic E-state index is 2.71. The topological polar surface area (TPSA) is 11.4 Å². The lowest BCUT2D eigenvalue weighted by molar-refractivity contribution is 0.590. The molecule has 4 heteroatoms. The molecule has 388 valence electrons. The SMILES string of the molecule is CC(C)(C)c1ccc(N(c2ccc(C(C)(C)C)cc2)c2cc3c4c(c2)-n2c5cc(C(C)(C)C)ccc5c5cc6c7ccccc7c7ccccc7c6c(c52)B4c2cc(C(C)(C)C)ccc2N3c2ccc(C(C)(C)C)cc2)cc1. The molecule has 0 unspecified atom stereocenters. The van der Waals surface area contributed by atoms with Crippen molar-refractivity contribution in [3.05, 3.63) is 204 Å². The molecular formula is C74H74BN3. The summed E-state index contributed by atoms with van der Waals surface area (Å²) in [6.07, 6.45) is 0. The van der Waals surface area contributed by atoms with Crippen LogP contribution in [0.4, 0.5) is 34.1 Å². The van der Waals surface area contributed by atoms with Crippen molar-refractivity contribution in [2.24, 2.45) is 0 Å². The summed E-state index contributed by atoms with van der Waals surface area (Å²) in [6.45, 7) is 34.8. The number of aromatic nitrogens is 1. The molecule has 0 saturated carbocycles. The van der Waals surface area contributed by atoms with Gasteiger partial charge >= 0.3 is 0 Å². The number of fused-ring (bicyclic) bond motifs is 14. The van der Waals surface area contributed by atoms with Crippen LogP contribution in [0.5, 0.6) is 0 Å². The van der Waals surface area contributed by atoms with Crippen molar-refractivity contribution < 1.29 is 0 Å². The second kappa shape index (κ2) is 17.0. The van der Waals surface area contributed by atoms with E-state index in [1.165, 1.54) is 115 Å². The van der Waals surface area contributed by atoms with Gasteiger partial charge in [0.1, 0.15) is 0 Å². The molecule has 0 saturated heterocycles. The number of hydrogen-bond donors (Lipinski definition) is 0. The molecule has 13 rings (SSSR count). The van der Waals surface area contributed by atoms with E-state index in [0.29, 0.717) is 0 Å². The fourth-order valence-electron chi connectivity index (χ4n) is 13.1. The highest BCUT2D eigenvalue weighted by atomic mass is 15.2. The summed E-state index contributed by atoms with van der Waals surface area (Å²) in [5, 5.41) is 10.4. The van der Waals surface area contributed by atoms with Crippen molar-refractivity contribution in [3.63, 3.8) is 0 Å². The summed E-state index contributed by atoms with van der Waals surface area (Å²) in [5.74, 6) is 0. The molecule has 0 aliphatic carbocycles. The average molecular weight is 1020 g/mol. The molecule has 0 fully saturated rings. The summed E-state index contributed by atoms with van der Waals surface area (Å²) >= 11 is 0. The molecule has 0 bridgehead atoms. The Morgan fingerprint density at radius 1 is 0.333 bits per heavy atom. The van der Waals surface area contributed by atoms with Crippen LogP contribution in [0.1, 0.15) is 132 Å². The molecule has 3 heterocycles. The average Bonchev–Trinajstić information content (AvgIpc) is 3.18. The smallest absolute Gasteiger partial charge is 0.253 e. The Kier molecular flexibility index (Phi) is 10.9. The van der Waals surface area contributed by atoms with Gasteiger partial charge in [0, 0.05) is 44.9 Å². The minimum absolute atomic E-state index is 0.000171. The van der Waals surface area contributed by atoms with E-state index in [1.807, 2.05) is 0 Å². The molecule has 3 nitrogen and oxygen atoms in total. The normalized spacial score (nSPS) is 13.8. The minimum Gasteiger partial charge on any atom is -0.311 e. The molecule has 78 heavy (non-hydrogen) atoms. The van der Waals surface area contributed by atoms with E-state index >= 15 is 0 Å². The Hall–Kier alpha value is -7.56. The van der Waals surface area contributed by atoms with E-state index in [9.17, 15) is 0 Å². The van der Waals surface area contributed by atoms with Crippen LogP contribution in [0.15, 0.2) is 176 Å². The van der Waals surface area contributed by atoms with Crippen LogP contribution in [-0.2, 0) is 27.1 Å². The lowest BCUT2D eigenvalue weighted by Crippen LogP contribution is -2.61. The predicted octanol–water partition coefficient (Wildman–Crippen LogP) is 18.8. The van der Waals surface area contributed by atoms with Gasteiger partial charge < -0.3 is 14.4 Å². The van der Waals surface area contributed by atoms with Gasteiger partial charge in [-0.05, 0) is 170 Å². The third-order valence-electron chi connectivity index (χ3n) is 17.5. The fraction of sp³-hybridized carbons (Fsp3) is 0.270. The second-order valence-corrected chi connectivity index (χ2v) is 27.9. The van der Waals surface area contributed by atoms with Gasteiger partial charge in [0.05, 0.1) is 16.7 Å². The van der Waals surface area contributed by atoms with Gasteiger partial charge in [0.25, 0.3) is 6.71 Å². The quantitative estimate of drug-likeness (QED) is 0.129. The molecule has 0 spiro atoms. The molecule has 10 aromatic carbocycles. The first kappa shape index (κ1) is 50.0. The van der Waals surface area contributed by atoms with Gasteiger partial charge in [-0.25, -0.2) is 0 Å². The minimum atomic E-state index is -0.105. The molecule has 2 aliphatic rings. The summed E-state index contributed by atoms with van der Waals surface area (Å²) < 4.78 is 2.71. The van der Waals surface area contributed by atoms with Crippen LogP contribution >= 0.6 is 0 Å². The van der Waals surface area contributed by atoms with Gasteiger partial charge in [0.15, 0.2) is 0 Å². The number of rotatable bonds is 4. The zero-order valence-electron chi connectivity index (χ0n) is 48.7. The summed E-state index contributed by atoms with van der Waals surface area (Å²) in [4.78, 5) is 5.13. The van der Waals surface area contributed by atoms with Crippen molar-refractivity contribution in [2.45, 2.75) is 131 Å². The Labute approximate surface area is 463 Å². The highest BCUT2D eigenvalue weighted by Crippen LogP contribution is 2.49. The maximum atomic E-state index is 2.71. The first-order valence-electron chi connectivity index (χ1n) is 28.5. The molecule has 0 atom stereocenters. The monoisotopic (exact) mass is 1020 g/mol. The van der Waals surface area contributed by atoms with E-state index in [1.54, 1.807) is 0 Å². The van der Waals surface area contributed by atoms with E-state index in [-0.39, 0.29) is 33.8 Å². The Bertz CT molecular complexity index is 4190. The van der Waals surface area contributed by atoms with Crippen molar-refractivity contribution >= 4 is 111 Å². The summed E-state index contributed by atoms with van der Waals surface area (Å²) in [7, 11) is 0. The van der Waals surface area contributed by atoms with E-state index < -0.39 is 0 Å². The van der Waals surface area contributed by atoms with Crippen molar-refractivity contribution in [3.8, 4) is 5.69 Å². The first-order valence-corrected chi connectivity index (χ1v) is 28.5. The number of anilines is 6. The van der Waals surface area contributed by atoms with Crippen LogP contribution in [0, 0.1) is 0 Å². The van der Waals surface area contributed by atoms with Gasteiger partial charge in [-0.3, -0.25) is 0 Å². The van der Waals surface area contributed by atoms with Crippen LogP contribution < -0.4 is 26.2 Å². The fourth-order valence-corrected chi connectivity index (χ4v) is 13.1. The van der Waals surface area contributed by atoms with Gasteiger partial charge in [0.2, 0.25) is 0 Å². The molecule has 0 radical (unpaired) electrons. The largest absolute Gasteiger partial charge is 0.311 e. The Morgan fingerprint density at radius 3 is 1.32 bits per heavy atom. The summed E-state index contributed by atoms with van der Waals surface area (Å²) in [5.41, 5.74) is 21.2. The lowest BCUT2D eigenvalue weighted by Gasteiger charge is -2.42. The van der Waals surface area contributed by atoms with Crippen LogP contribution in [0.25, 0.3) is 59.8 Å². The van der Waals surface area contributed by atoms with Crippen molar-refractivity contribution in [1.29, 1.82) is 0 Å². The van der Waals surface area contributed by atoms with E-state index in [0.717, 1.165) is 22.7 Å². The molecular weight excluding hydrogens is 942 g/mol. The summed E-state index contributed by atoms with van der Waals surface area (Å²) in [6, 6.07) is 68.9. The van der Waals surface area contributed by atoms with Crippen molar-refractivity contribution in [1.82, 2.24) is 4.57 Å². The molecule has 11 aromatic rings. The Balaban J connectivity index is 1.25. The van der Waals surface area contributed by atoms with Gasteiger partial charge in [-0.2, -0.15) is 0 Å². The third-order valence-corrected chi connectivity index (χ3v) is 17.5. The van der Waals surface area contributed by atoms with E-state index in [2.05, 4.69) is 294 Å². The molecule has 1 aromatic heterocycles. The third kappa shape index (κ3) is 7.75. The molecule has 2 aliphatic heterocycles. The number of nitrogens with zero attached hydrogens (tertiary/aromatic N) is 3. The number of hydrogen-bond acceptors (Lipinski definition) is 2. The van der Waals surface area contributed by atoms with Gasteiger partial charge in [-0.15, -0.1) is 0 Å². The number of benzene rings is 10. The van der Waals surface area contributed by atoms with Crippen LogP contribution in [0.2, 0.25) is 0 Å². The predicted molar refractivity (Wildman–Crippen MR) is 341 cm³/mol. The second-order valence-electron chi connectivity index (χ2n) is 27.9. The van der Waals surface area contributed by atoms with Crippen molar-refractivity contribution in [2.75, 3.05) is 9.80 Å². The lowest BCUT2D eigenvalue weighted by atomic mass is 9.33. The maximum Gasteiger partial charge on any atom is 0.253 e. The highest BCUT2D eigenvalue weighted by molar-refractivity contribution is 7.02. The molecule has 0 N–H and O–H groups in total. The highest BCUT2D eigenvalue weighted by Gasteiger charge is 2.45. The van der Waals surface area contributed by atoms with E-state index in [4.69, 9.17) is 0 Å². The molecule has 0 amide bonds.